The molecular weight excluding hydrogens is 280 g/mol. The van der Waals surface area contributed by atoms with Gasteiger partial charge >= 0.3 is 0 Å². The molecule has 1 heterocycles. The highest BCUT2D eigenvalue weighted by atomic mass is 32.1. The van der Waals surface area contributed by atoms with Crippen LogP contribution in [0.3, 0.4) is 0 Å². The van der Waals surface area contributed by atoms with Gasteiger partial charge in [0.25, 0.3) is 0 Å². The third-order valence-electron chi connectivity index (χ3n) is 3.61. The third kappa shape index (κ3) is 3.32. The van der Waals surface area contributed by atoms with Gasteiger partial charge in [-0.05, 0) is 50.3 Å². The van der Waals surface area contributed by atoms with Crippen molar-refractivity contribution in [2.24, 2.45) is 0 Å². The van der Waals surface area contributed by atoms with E-state index < -0.39 is 0 Å². The molecule has 1 saturated carbocycles. The lowest BCUT2D eigenvalue weighted by atomic mass is 10.2. The number of hydrogen-bond acceptors (Lipinski definition) is 4. The maximum atomic E-state index is 6.36. The van der Waals surface area contributed by atoms with Crippen LogP contribution in [0.15, 0.2) is 35.7 Å². The smallest absolute Gasteiger partial charge is 0.144 e. The first-order valence-corrected chi connectivity index (χ1v) is 8.37. The molecule has 0 unspecified atom stereocenters. The molecule has 0 aliphatic heterocycles. The van der Waals surface area contributed by atoms with E-state index >= 15 is 0 Å². The Balaban J connectivity index is 1.88. The quantitative estimate of drug-likeness (QED) is 0.809. The van der Waals surface area contributed by atoms with Crippen LogP contribution in [0, 0.1) is 0 Å². The van der Waals surface area contributed by atoms with Crippen molar-refractivity contribution >= 4 is 22.7 Å². The molecule has 1 aromatic heterocycles. The number of benzene rings is 1. The molecule has 2 aromatic rings. The SMILES string of the molecule is CC(C)Oc1cccc(N(Cc2cccs2)C2CC2)c1N. The van der Waals surface area contributed by atoms with Crippen LogP contribution in [0.4, 0.5) is 11.4 Å². The van der Waals surface area contributed by atoms with E-state index in [1.807, 2.05) is 26.0 Å². The average Bonchev–Trinajstić information content (AvgIpc) is 3.16. The molecule has 3 rings (SSSR count). The fourth-order valence-electron chi connectivity index (χ4n) is 2.51. The predicted molar refractivity (Wildman–Crippen MR) is 90.1 cm³/mol. The molecule has 0 amide bonds. The van der Waals surface area contributed by atoms with E-state index in [0.29, 0.717) is 6.04 Å². The number of rotatable bonds is 6. The van der Waals surface area contributed by atoms with Crippen LogP contribution in [0.5, 0.6) is 5.75 Å². The monoisotopic (exact) mass is 302 g/mol. The van der Waals surface area contributed by atoms with Crippen LogP contribution >= 0.6 is 11.3 Å². The van der Waals surface area contributed by atoms with E-state index in [-0.39, 0.29) is 6.10 Å². The molecular formula is C17H22N2OS. The molecule has 2 N–H and O–H groups in total. The Bertz CT molecular complexity index is 591. The molecule has 1 fully saturated rings. The first-order chi connectivity index (χ1) is 10.1. The Morgan fingerprint density at radius 2 is 2.10 bits per heavy atom. The van der Waals surface area contributed by atoms with Crippen LogP contribution in [0.2, 0.25) is 0 Å². The first kappa shape index (κ1) is 14.3. The average molecular weight is 302 g/mol. The van der Waals surface area contributed by atoms with Crippen molar-refractivity contribution in [2.75, 3.05) is 10.6 Å². The molecule has 0 saturated heterocycles. The van der Waals surface area contributed by atoms with Crippen LogP contribution in [0.25, 0.3) is 0 Å². The van der Waals surface area contributed by atoms with Gasteiger partial charge in [-0.15, -0.1) is 11.3 Å². The van der Waals surface area contributed by atoms with Crippen LogP contribution in [-0.2, 0) is 6.54 Å². The fraction of sp³-hybridized carbons (Fsp3) is 0.412. The summed E-state index contributed by atoms with van der Waals surface area (Å²) in [5.41, 5.74) is 8.22. The number of nitrogens with zero attached hydrogens (tertiary/aromatic N) is 1. The summed E-state index contributed by atoms with van der Waals surface area (Å²) >= 11 is 1.80. The molecule has 1 aliphatic carbocycles. The van der Waals surface area contributed by atoms with Gasteiger partial charge in [-0.2, -0.15) is 0 Å². The zero-order valence-electron chi connectivity index (χ0n) is 12.6. The Hall–Kier alpha value is -1.68. The van der Waals surface area contributed by atoms with Gasteiger partial charge in [-0.25, -0.2) is 0 Å². The van der Waals surface area contributed by atoms with E-state index in [1.165, 1.54) is 17.7 Å². The largest absolute Gasteiger partial charge is 0.489 e. The van der Waals surface area contributed by atoms with Crippen molar-refractivity contribution in [1.82, 2.24) is 0 Å². The van der Waals surface area contributed by atoms with Gasteiger partial charge in [0.15, 0.2) is 0 Å². The van der Waals surface area contributed by atoms with Crippen molar-refractivity contribution in [2.45, 2.75) is 45.4 Å². The highest BCUT2D eigenvalue weighted by Crippen LogP contribution is 2.40. The number of nitrogens with two attached hydrogens (primary N) is 1. The minimum atomic E-state index is 0.134. The maximum absolute atomic E-state index is 6.36. The number of thiophene rings is 1. The van der Waals surface area contributed by atoms with Crippen molar-refractivity contribution in [3.63, 3.8) is 0 Å². The zero-order chi connectivity index (χ0) is 14.8. The molecule has 0 spiro atoms. The van der Waals surface area contributed by atoms with Crippen LogP contribution < -0.4 is 15.4 Å². The predicted octanol–water partition coefficient (Wildman–Crippen LogP) is 4.29. The van der Waals surface area contributed by atoms with Gasteiger partial charge < -0.3 is 15.4 Å². The summed E-state index contributed by atoms with van der Waals surface area (Å²) in [5, 5.41) is 2.13. The zero-order valence-corrected chi connectivity index (χ0v) is 13.4. The second-order valence-electron chi connectivity index (χ2n) is 5.79. The number of nitrogen functional groups attached to an aromatic ring is 1. The lowest BCUT2D eigenvalue weighted by molar-refractivity contribution is 0.244. The first-order valence-electron chi connectivity index (χ1n) is 7.49. The minimum Gasteiger partial charge on any atom is -0.489 e. The number of hydrogen-bond donors (Lipinski definition) is 1. The fourth-order valence-corrected chi connectivity index (χ4v) is 3.21. The van der Waals surface area contributed by atoms with Gasteiger partial charge in [-0.3, -0.25) is 0 Å². The highest BCUT2D eigenvalue weighted by molar-refractivity contribution is 7.09. The second-order valence-corrected chi connectivity index (χ2v) is 6.83. The van der Waals surface area contributed by atoms with Gasteiger partial charge in [0.05, 0.1) is 24.0 Å². The molecule has 1 aliphatic rings. The van der Waals surface area contributed by atoms with E-state index in [1.54, 1.807) is 11.3 Å². The number of ether oxygens (including phenoxy) is 1. The van der Waals surface area contributed by atoms with Gasteiger partial charge in [-0.1, -0.05) is 12.1 Å². The second kappa shape index (κ2) is 5.98. The molecule has 0 radical (unpaired) electrons. The van der Waals surface area contributed by atoms with Gasteiger partial charge in [0.1, 0.15) is 5.75 Å². The van der Waals surface area contributed by atoms with E-state index in [4.69, 9.17) is 10.5 Å². The molecule has 3 nitrogen and oxygen atoms in total. The summed E-state index contributed by atoms with van der Waals surface area (Å²) < 4.78 is 5.82. The Morgan fingerprint density at radius 3 is 2.71 bits per heavy atom. The van der Waals surface area contributed by atoms with Crippen LogP contribution in [-0.4, -0.2) is 12.1 Å². The van der Waals surface area contributed by atoms with Gasteiger partial charge in [0.2, 0.25) is 0 Å². The summed E-state index contributed by atoms with van der Waals surface area (Å²) in [5.74, 6) is 0.791. The summed E-state index contributed by atoms with van der Waals surface area (Å²) in [7, 11) is 0. The standard InChI is InChI=1S/C17H22N2OS/c1-12(2)20-16-7-3-6-15(17(16)18)19(13-8-9-13)11-14-5-4-10-21-14/h3-7,10,12-13H,8-9,11,18H2,1-2H3. The maximum Gasteiger partial charge on any atom is 0.144 e. The molecule has 0 bridgehead atoms. The van der Waals surface area contributed by atoms with E-state index in [0.717, 1.165) is 23.7 Å². The third-order valence-corrected chi connectivity index (χ3v) is 4.47. The minimum absolute atomic E-state index is 0.134. The lowest BCUT2D eigenvalue weighted by Crippen LogP contribution is -2.25. The van der Waals surface area contributed by atoms with Crippen molar-refractivity contribution in [3.05, 3.63) is 40.6 Å². The number of para-hydroxylation sites is 1. The number of anilines is 2. The summed E-state index contributed by atoms with van der Waals surface area (Å²) in [6.07, 6.45) is 2.63. The molecule has 1 aromatic carbocycles. The summed E-state index contributed by atoms with van der Waals surface area (Å²) in [4.78, 5) is 3.80. The van der Waals surface area contributed by atoms with Crippen LogP contribution in [0.1, 0.15) is 31.6 Å². The molecule has 0 atom stereocenters. The van der Waals surface area contributed by atoms with Crippen molar-refractivity contribution in [1.29, 1.82) is 0 Å². The Labute approximate surface area is 130 Å². The highest BCUT2D eigenvalue weighted by Gasteiger charge is 2.31. The normalized spacial score (nSPS) is 14.4. The molecule has 4 heteroatoms. The van der Waals surface area contributed by atoms with Crippen molar-refractivity contribution < 1.29 is 4.74 Å². The van der Waals surface area contributed by atoms with E-state index in [2.05, 4.69) is 28.5 Å². The topological polar surface area (TPSA) is 38.5 Å². The van der Waals surface area contributed by atoms with Gasteiger partial charge in [0, 0.05) is 10.9 Å². The summed E-state index contributed by atoms with van der Waals surface area (Å²) in [6, 6.07) is 11.0. The van der Waals surface area contributed by atoms with E-state index in [9.17, 15) is 0 Å². The molecule has 112 valence electrons. The Kier molecular flexibility index (Phi) is 4.06. The Morgan fingerprint density at radius 1 is 1.29 bits per heavy atom. The molecule has 21 heavy (non-hydrogen) atoms. The summed E-state index contributed by atoms with van der Waals surface area (Å²) in [6.45, 7) is 4.98. The lowest BCUT2D eigenvalue weighted by Gasteiger charge is -2.27. The van der Waals surface area contributed by atoms with Crippen molar-refractivity contribution in [3.8, 4) is 5.75 Å².